The van der Waals surface area contributed by atoms with Crippen LogP contribution in [0.2, 0.25) is 0 Å². The molecule has 1 aliphatic rings. The van der Waals surface area contributed by atoms with E-state index in [-0.39, 0.29) is 6.04 Å². The summed E-state index contributed by atoms with van der Waals surface area (Å²) in [5.41, 5.74) is 4.16. The fraction of sp³-hybridized carbons (Fsp3) is 0.727. The minimum absolute atomic E-state index is 0.222. The van der Waals surface area contributed by atoms with E-state index in [4.69, 9.17) is 5.84 Å². The zero-order chi connectivity index (χ0) is 11.5. The summed E-state index contributed by atoms with van der Waals surface area (Å²) in [7, 11) is 0. The molecule has 0 aromatic carbocycles. The molecule has 0 spiro atoms. The Bertz CT molecular complexity index is 344. The molecule has 1 atom stereocenters. The van der Waals surface area contributed by atoms with Gasteiger partial charge in [-0.3, -0.25) is 16.0 Å². The zero-order valence-electron chi connectivity index (χ0n) is 9.62. The number of hydrogen-bond acceptors (Lipinski definition) is 3. The van der Waals surface area contributed by atoms with E-state index in [0.29, 0.717) is 5.92 Å². The van der Waals surface area contributed by atoms with Crippen LogP contribution in [-0.2, 0) is 6.54 Å². The Morgan fingerprint density at radius 2 is 2.31 bits per heavy atom. The Balaban J connectivity index is 2.27. The van der Waals surface area contributed by atoms with Gasteiger partial charge in [0.2, 0.25) is 0 Å². The molecule has 1 aliphatic carbocycles. The molecule has 4 nitrogen and oxygen atoms in total. The van der Waals surface area contributed by atoms with Crippen molar-refractivity contribution in [3.05, 3.63) is 16.4 Å². The minimum atomic E-state index is 0.222. The van der Waals surface area contributed by atoms with Gasteiger partial charge < -0.3 is 0 Å². The molecule has 1 fully saturated rings. The Morgan fingerprint density at radius 1 is 1.62 bits per heavy atom. The molecular formula is C11H19BrN4. The second kappa shape index (κ2) is 5.29. The van der Waals surface area contributed by atoms with Crippen molar-refractivity contribution in [3.8, 4) is 0 Å². The SMILES string of the molecule is CCn1ncc(Br)c1C(NN)C1CCCC1. The summed E-state index contributed by atoms with van der Waals surface area (Å²) >= 11 is 3.57. The minimum Gasteiger partial charge on any atom is -0.271 e. The van der Waals surface area contributed by atoms with Crippen molar-refractivity contribution >= 4 is 15.9 Å². The first-order valence-corrected chi connectivity index (χ1v) is 6.74. The van der Waals surface area contributed by atoms with E-state index in [1.165, 1.54) is 31.4 Å². The lowest BCUT2D eigenvalue weighted by Crippen LogP contribution is -2.34. The Hall–Kier alpha value is -0.390. The van der Waals surface area contributed by atoms with E-state index >= 15 is 0 Å². The van der Waals surface area contributed by atoms with Crippen LogP contribution in [-0.4, -0.2) is 9.78 Å². The second-order valence-corrected chi connectivity index (χ2v) is 5.24. The van der Waals surface area contributed by atoms with Crippen molar-refractivity contribution in [3.63, 3.8) is 0 Å². The molecular weight excluding hydrogens is 268 g/mol. The average molecular weight is 287 g/mol. The third-order valence-corrected chi connectivity index (χ3v) is 4.09. The fourth-order valence-corrected chi connectivity index (χ4v) is 3.20. The Kier molecular flexibility index (Phi) is 4.00. The lowest BCUT2D eigenvalue weighted by Gasteiger charge is -2.23. The molecule has 5 heteroatoms. The van der Waals surface area contributed by atoms with Crippen molar-refractivity contribution < 1.29 is 0 Å². The first-order valence-electron chi connectivity index (χ1n) is 5.95. The first-order chi connectivity index (χ1) is 7.77. The first kappa shape index (κ1) is 12.1. The van der Waals surface area contributed by atoms with Crippen LogP contribution in [0.4, 0.5) is 0 Å². The topological polar surface area (TPSA) is 55.9 Å². The predicted molar refractivity (Wildman–Crippen MR) is 67.6 cm³/mol. The molecule has 2 rings (SSSR count). The molecule has 0 bridgehead atoms. The number of aromatic nitrogens is 2. The Morgan fingerprint density at radius 3 is 2.88 bits per heavy atom. The van der Waals surface area contributed by atoms with Gasteiger partial charge in [0.25, 0.3) is 0 Å². The molecule has 16 heavy (non-hydrogen) atoms. The van der Waals surface area contributed by atoms with Crippen LogP contribution < -0.4 is 11.3 Å². The van der Waals surface area contributed by atoms with Crippen molar-refractivity contribution in [1.82, 2.24) is 15.2 Å². The zero-order valence-corrected chi connectivity index (χ0v) is 11.2. The van der Waals surface area contributed by atoms with E-state index in [0.717, 1.165) is 11.0 Å². The summed E-state index contributed by atoms with van der Waals surface area (Å²) in [6.07, 6.45) is 7.02. The predicted octanol–water partition coefficient (Wildman–Crippen LogP) is 2.36. The molecule has 0 amide bonds. The van der Waals surface area contributed by atoms with Gasteiger partial charge in [-0.25, -0.2) is 0 Å². The maximum atomic E-state index is 5.72. The Labute approximate surface area is 105 Å². The fourth-order valence-electron chi connectivity index (χ4n) is 2.66. The van der Waals surface area contributed by atoms with Crippen molar-refractivity contribution in [1.29, 1.82) is 0 Å². The quantitative estimate of drug-likeness (QED) is 0.660. The van der Waals surface area contributed by atoms with Gasteiger partial charge in [0.15, 0.2) is 0 Å². The molecule has 90 valence electrons. The largest absolute Gasteiger partial charge is 0.271 e. The summed E-state index contributed by atoms with van der Waals surface area (Å²) in [4.78, 5) is 0. The van der Waals surface area contributed by atoms with E-state index < -0.39 is 0 Å². The number of hydrazine groups is 1. The van der Waals surface area contributed by atoms with E-state index in [2.05, 4.69) is 33.4 Å². The van der Waals surface area contributed by atoms with Crippen LogP contribution in [0.5, 0.6) is 0 Å². The summed E-state index contributed by atoms with van der Waals surface area (Å²) in [6, 6.07) is 0.222. The highest BCUT2D eigenvalue weighted by Gasteiger charge is 2.29. The van der Waals surface area contributed by atoms with Crippen LogP contribution in [0.1, 0.15) is 44.3 Å². The standard InChI is InChI=1S/C11H19BrN4/c1-2-16-11(9(12)7-14-16)10(15-13)8-5-3-4-6-8/h7-8,10,15H,2-6,13H2,1H3. The van der Waals surface area contributed by atoms with Crippen molar-refractivity contribution in [2.75, 3.05) is 0 Å². The van der Waals surface area contributed by atoms with Gasteiger partial charge in [0, 0.05) is 6.54 Å². The smallest absolute Gasteiger partial charge is 0.0711 e. The third kappa shape index (κ3) is 2.17. The molecule has 3 N–H and O–H groups in total. The molecule has 0 saturated heterocycles. The lowest BCUT2D eigenvalue weighted by molar-refractivity contribution is 0.350. The summed E-state index contributed by atoms with van der Waals surface area (Å²) in [6.45, 7) is 2.98. The molecule has 0 aliphatic heterocycles. The normalized spacial score (nSPS) is 19.2. The van der Waals surface area contributed by atoms with E-state index in [1.807, 2.05) is 10.9 Å². The summed E-state index contributed by atoms with van der Waals surface area (Å²) < 4.78 is 3.08. The number of hydrogen-bond donors (Lipinski definition) is 2. The van der Waals surface area contributed by atoms with Gasteiger partial charge >= 0.3 is 0 Å². The van der Waals surface area contributed by atoms with Gasteiger partial charge in [0.05, 0.1) is 22.4 Å². The molecule has 1 aromatic rings. The highest BCUT2D eigenvalue weighted by atomic mass is 79.9. The molecule has 1 saturated carbocycles. The van der Waals surface area contributed by atoms with Crippen LogP contribution in [0.3, 0.4) is 0 Å². The summed E-state index contributed by atoms with van der Waals surface area (Å²) in [5.74, 6) is 6.37. The van der Waals surface area contributed by atoms with Gasteiger partial charge in [-0.05, 0) is 41.6 Å². The highest BCUT2D eigenvalue weighted by Crippen LogP contribution is 2.37. The number of nitrogens with one attached hydrogen (secondary N) is 1. The van der Waals surface area contributed by atoms with Gasteiger partial charge in [-0.15, -0.1) is 0 Å². The average Bonchev–Trinajstić information content (AvgIpc) is 2.91. The van der Waals surface area contributed by atoms with Crippen LogP contribution >= 0.6 is 15.9 Å². The molecule has 1 heterocycles. The van der Waals surface area contributed by atoms with Gasteiger partial charge in [-0.1, -0.05) is 12.8 Å². The maximum Gasteiger partial charge on any atom is 0.0711 e. The maximum absolute atomic E-state index is 5.72. The number of rotatable bonds is 4. The monoisotopic (exact) mass is 286 g/mol. The van der Waals surface area contributed by atoms with Crippen LogP contribution in [0.25, 0.3) is 0 Å². The highest BCUT2D eigenvalue weighted by molar-refractivity contribution is 9.10. The lowest BCUT2D eigenvalue weighted by atomic mass is 9.96. The number of aryl methyl sites for hydroxylation is 1. The molecule has 1 aromatic heterocycles. The van der Waals surface area contributed by atoms with E-state index in [1.54, 1.807) is 0 Å². The third-order valence-electron chi connectivity index (χ3n) is 3.48. The molecule has 1 unspecified atom stereocenters. The second-order valence-electron chi connectivity index (χ2n) is 4.38. The molecule has 0 radical (unpaired) electrons. The van der Waals surface area contributed by atoms with Crippen molar-refractivity contribution in [2.45, 2.75) is 45.2 Å². The number of nitrogens with zero attached hydrogens (tertiary/aromatic N) is 2. The van der Waals surface area contributed by atoms with Gasteiger partial charge in [-0.2, -0.15) is 5.10 Å². The number of nitrogens with two attached hydrogens (primary N) is 1. The van der Waals surface area contributed by atoms with E-state index in [9.17, 15) is 0 Å². The van der Waals surface area contributed by atoms with Gasteiger partial charge in [0.1, 0.15) is 0 Å². The van der Waals surface area contributed by atoms with Crippen LogP contribution in [0, 0.1) is 5.92 Å². The summed E-state index contributed by atoms with van der Waals surface area (Å²) in [5, 5.41) is 4.35. The van der Waals surface area contributed by atoms with Crippen molar-refractivity contribution in [2.24, 2.45) is 11.8 Å². The number of halogens is 1. The van der Waals surface area contributed by atoms with Crippen LogP contribution in [0.15, 0.2) is 10.7 Å².